The maximum atomic E-state index is 3.84. The first-order valence-electron chi connectivity index (χ1n) is 8.72. The van der Waals surface area contributed by atoms with E-state index in [-0.39, 0.29) is 0 Å². The average Bonchev–Trinajstić information content (AvgIpc) is 3.24. The van der Waals surface area contributed by atoms with E-state index in [1.165, 1.54) is 32.5 Å². The van der Waals surface area contributed by atoms with Crippen molar-refractivity contribution in [1.82, 2.24) is 10.2 Å². The van der Waals surface area contributed by atoms with Crippen molar-refractivity contribution in [1.29, 1.82) is 0 Å². The van der Waals surface area contributed by atoms with Crippen molar-refractivity contribution < 1.29 is 0 Å². The predicted molar refractivity (Wildman–Crippen MR) is 85.8 cm³/mol. The Kier molecular flexibility index (Phi) is 3.49. The van der Waals surface area contributed by atoms with Crippen LogP contribution in [0.15, 0.2) is 0 Å². The van der Waals surface area contributed by atoms with Crippen LogP contribution in [0.4, 0.5) is 0 Å². The van der Waals surface area contributed by atoms with E-state index in [1.807, 2.05) is 0 Å². The van der Waals surface area contributed by atoms with Crippen molar-refractivity contribution in [3.63, 3.8) is 0 Å². The summed E-state index contributed by atoms with van der Waals surface area (Å²) in [6, 6.07) is 1.51. The Hall–Kier alpha value is -0.0800. The summed E-state index contributed by atoms with van der Waals surface area (Å²) in [5, 5.41) is 3.84. The molecule has 0 radical (unpaired) electrons. The molecule has 2 saturated carbocycles. The molecule has 2 aliphatic carbocycles. The minimum absolute atomic E-state index is 0.522. The summed E-state index contributed by atoms with van der Waals surface area (Å²) >= 11 is 0. The Morgan fingerprint density at radius 1 is 1.10 bits per heavy atom. The second-order valence-corrected chi connectivity index (χ2v) is 9.11. The molecule has 1 saturated heterocycles. The number of hydrogen-bond donors (Lipinski definition) is 1. The van der Waals surface area contributed by atoms with E-state index in [0.29, 0.717) is 10.8 Å². The fourth-order valence-electron chi connectivity index (χ4n) is 4.56. The monoisotopic (exact) mass is 278 g/mol. The van der Waals surface area contributed by atoms with Gasteiger partial charge in [0, 0.05) is 31.7 Å². The van der Waals surface area contributed by atoms with Crippen LogP contribution in [-0.4, -0.2) is 36.6 Å². The fraction of sp³-hybridized carbons (Fsp3) is 1.00. The third-order valence-corrected chi connectivity index (χ3v) is 7.19. The standard InChI is InChI=1S/C18H34N2/c1-12(2)15-9-19-14(13-7-8-13)10-20(15)11-16-17(3,4)18(16,5)6/h12-16,19H,7-11H2,1-6H3. The minimum atomic E-state index is 0.522. The van der Waals surface area contributed by atoms with E-state index in [0.717, 1.165) is 29.8 Å². The van der Waals surface area contributed by atoms with E-state index in [2.05, 4.69) is 51.8 Å². The van der Waals surface area contributed by atoms with Gasteiger partial charge in [-0.05, 0) is 41.4 Å². The molecule has 116 valence electrons. The molecule has 2 unspecified atom stereocenters. The first-order valence-corrected chi connectivity index (χ1v) is 8.72. The first kappa shape index (κ1) is 14.8. The van der Waals surface area contributed by atoms with Crippen molar-refractivity contribution in [2.24, 2.45) is 28.6 Å². The van der Waals surface area contributed by atoms with E-state index < -0.39 is 0 Å². The van der Waals surface area contributed by atoms with Crippen LogP contribution in [0.5, 0.6) is 0 Å². The van der Waals surface area contributed by atoms with E-state index in [9.17, 15) is 0 Å². The Bertz CT molecular complexity index is 354. The van der Waals surface area contributed by atoms with Crippen LogP contribution in [0, 0.1) is 28.6 Å². The summed E-state index contributed by atoms with van der Waals surface area (Å²) in [6.07, 6.45) is 2.91. The summed E-state index contributed by atoms with van der Waals surface area (Å²) in [5.41, 5.74) is 1.04. The van der Waals surface area contributed by atoms with Gasteiger partial charge < -0.3 is 5.32 Å². The van der Waals surface area contributed by atoms with Gasteiger partial charge in [0.1, 0.15) is 0 Å². The zero-order valence-electron chi connectivity index (χ0n) is 14.4. The van der Waals surface area contributed by atoms with Gasteiger partial charge in [-0.25, -0.2) is 0 Å². The summed E-state index contributed by atoms with van der Waals surface area (Å²) in [7, 11) is 0. The third kappa shape index (κ3) is 2.33. The van der Waals surface area contributed by atoms with Crippen molar-refractivity contribution in [3.8, 4) is 0 Å². The highest BCUT2D eigenvalue weighted by molar-refractivity contribution is 5.13. The molecule has 1 heterocycles. The number of piperazine rings is 1. The van der Waals surface area contributed by atoms with Crippen molar-refractivity contribution >= 4 is 0 Å². The lowest BCUT2D eigenvalue weighted by atomic mass is 9.96. The molecule has 0 aromatic heterocycles. The van der Waals surface area contributed by atoms with Gasteiger partial charge in [-0.3, -0.25) is 4.90 Å². The van der Waals surface area contributed by atoms with Gasteiger partial charge in [0.15, 0.2) is 0 Å². The van der Waals surface area contributed by atoms with Crippen LogP contribution in [0.2, 0.25) is 0 Å². The molecular weight excluding hydrogens is 244 g/mol. The van der Waals surface area contributed by atoms with Crippen LogP contribution in [0.3, 0.4) is 0 Å². The van der Waals surface area contributed by atoms with Gasteiger partial charge >= 0.3 is 0 Å². The lowest BCUT2D eigenvalue weighted by molar-refractivity contribution is 0.0820. The Balaban J connectivity index is 1.67. The normalized spacial score (nSPS) is 37.4. The van der Waals surface area contributed by atoms with Gasteiger partial charge in [-0.2, -0.15) is 0 Å². The van der Waals surface area contributed by atoms with Crippen LogP contribution in [0.1, 0.15) is 54.4 Å². The zero-order valence-corrected chi connectivity index (χ0v) is 14.4. The molecule has 3 aliphatic rings. The topological polar surface area (TPSA) is 15.3 Å². The molecule has 0 aromatic carbocycles. The Labute approximate surface area is 125 Å². The van der Waals surface area contributed by atoms with Gasteiger partial charge in [0.05, 0.1) is 0 Å². The highest BCUT2D eigenvalue weighted by Gasteiger charge is 2.64. The summed E-state index contributed by atoms with van der Waals surface area (Å²) in [5.74, 6) is 2.60. The van der Waals surface area contributed by atoms with Crippen molar-refractivity contribution in [3.05, 3.63) is 0 Å². The molecule has 1 N–H and O–H groups in total. The van der Waals surface area contributed by atoms with Crippen molar-refractivity contribution in [2.45, 2.75) is 66.5 Å². The second-order valence-electron chi connectivity index (χ2n) is 9.11. The average molecular weight is 278 g/mol. The zero-order chi connectivity index (χ0) is 14.7. The Morgan fingerprint density at radius 3 is 2.15 bits per heavy atom. The quantitative estimate of drug-likeness (QED) is 0.848. The molecule has 2 heteroatoms. The number of rotatable bonds is 4. The maximum absolute atomic E-state index is 3.84. The van der Waals surface area contributed by atoms with Crippen LogP contribution < -0.4 is 5.32 Å². The van der Waals surface area contributed by atoms with Gasteiger partial charge in [-0.15, -0.1) is 0 Å². The fourth-order valence-corrected chi connectivity index (χ4v) is 4.56. The largest absolute Gasteiger partial charge is 0.311 e. The lowest BCUT2D eigenvalue weighted by Gasteiger charge is -2.43. The van der Waals surface area contributed by atoms with E-state index >= 15 is 0 Å². The molecule has 20 heavy (non-hydrogen) atoms. The number of nitrogens with zero attached hydrogens (tertiary/aromatic N) is 1. The predicted octanol–water partition coefficient (Wildman–Crippen LogP) is 3.38. The third-order valence-electron chi connectivity index (χ3n) is 7.19. The molecule has 2 atom stereocenters. The summed E-state index contributed by atoms with van der Waals surface area (Å²) < 4.78 is 0. The highest BCUT2D eigenvalue weighted by Crippen LogP contribution is 2.68. The maximum Gasteiger partial charge on any atom is 0.0244 e. The highest BCUT2D eigenvalue weighted by atomic mass is 15.2. The number of hydrogen-bond acceptors (Lipinski definition) is 2. The minimum Gasteiger partial charge on any atom is -0.311 e. The molecule has 3 fully saturated rings. The summed E-state index contributed by atoms with van der Waals surface area (Å²) in [6.45, 7) is 18.4. The molecule has 0 aromatic rings. The molecule has 0 amide bonds. The first-order chi connectivity index (χ1) is 9.25. The van der Waals surface area contributed by atoms with Gasteiger partial charge in [0.25, 0.3) is 0 Å². The van der Waals surface area contributed by atoms with Gasteiger partial charge in [0.2, 0.25) is 0 Å². The Morgan fingerprint density at radius 2 is 1.70 bits per heavy atom. The molecule has 1 aliphatic heterocycles. The lowest BCUT2D eigenvalue weighted by Crippen LogP contribution is -2.59. The van der Waals surface area contributed by atoms with Crippen LogP contribution in [0.25, 0.3) is 0 Å². The number of nitrogens with one attached hydrogen (secondary N) is 1. The van der Waals surface area contributed by atoms with Crippen LogP contribution in [-0.2, 0) is 0 Å². The second kappa shape index (κ2) is 4.71. The SMILES string of the molecule is CC(C)C1CNC(C2CC2)CN1CC1C(C)(C)C1(C)C. The van der Waals surface area contributed by atoms with E-state index in [1.54, 1.807) is 0 Å². The molecular formula is C18H34N2. The molecule has 0 bridgehead atoms. The van der Waals surface area contributed by atoms with Gasteiger partial charge in [-0.1, -0.05) is 41.5 Å². The van der Waals surface area contributed by atoms with E-state index in [4.69, 9.17) is 0 Å². The smallest absolute Gasteiger partial charge is 0.0244 e. The summed E-state index contributed by atoms with van der Waals surface area (Å²) in [4.78, 5) is 2.84. The molecule has 0 spiro atoms. The molecule has 3 rings (SSSR count). The molecule has 2 nitrogen and oxygen atoms in total. The van der Waals surface area contributed by atoms with Crippen LogP contribution >= 0.6 is 0 Å². The van der Waals surface area contributed by atoms with Crippen molar-refractivity contribution in [2.75, 3.05) is 19.6 Å².